The number of hydrogen-bond acceptors (Lipinski definition) is 6. The first kappa shape index (κ1) is 26.8. The van der Waals surface area contributed by atoms with Gasteiger partial charge in [-0.3, -0.25) is 13.9 Å². The van der Waals surface area contributed by atoms with Crippen LogP contribution in [0.4, 0.5) is 18.9 Å². The topological polar surface area (TPSA) is 110 Å². The molecule has 2 aromatic carbocycles. The van der Waals surface area contributed by atoms with Gasteiger partial charge < -0.3 is 14.6 Å². The molecule has 0 unspecified atom stereocenters. The lowest BCUT2D eigenvalue weighted by Gasteiger charge is -2.36. The Hall–Kier alpha value is -3.28. The van der Waals surface area contributed by atoms with Gasteiger partial charge in [0.15, 0.2) is 0 Å². The van der Waals surface area contributed by atoms with Gasteiger partial charge >= 0.3 is 18.1 Å². The molecule has 0 amide bonds. The Balaban J connectivity index is 1.66. The summed E-state index contributed by atoms with van der Waals surface area (Å²) in [5.41, 5.74) is -1.52. The summed E-state index contributed by atoms with van der Waals surface area (Å²) < 4.78 is 78.3. The summed E-state index contributed by atoms with van der Waals surface area (Å²) in [6.07, 6.45) is -5.65. The van der Waals surface area contributed by atoms with E-state index >= 15 is 0 Å². The average molecular weight is 542 g/mol. The number of carboxylic acids is 1. The second kappa shape index (κ2) is 9.23. The molecule has 2 aliphatic rings. The van der Waals surface area contributed by atoms with Crippen molar-refractivity contribution in [1.29, 1.82) is 0 Å². The Morgan fingerprint density at radius 2 is 1.78 bits per heavy atom. The van der Waals surface area contributed by atoms with E-state index in [9.17, 15) is 36.3 Å². The van der Waals surface area contributed by atoms with Crippen molar-refractivity contribution in [3.8, 4) is 5.75 Å². The third-order valence-corrected chi connectivity index (χ3v) is 8.35. The highest BCUT2D eigenvalue weighted by molar-refractivity contribution is 7.92. The van der Waals surface area contributed by atoms with E-state index in [1.807, 2.05) is 0 Å². The first-order valence-electron chi connectivity index (χ1n) is 11.5. The van der Waals surface area contributed by atoms with Crippen LogP contribution in [0.3, 0.4) is 0 Å². The van der Waals surface area contributed by atoms with Gasteiger partial charge in [-0.2, -0.15) is 13.2 Å². The number of hydrogen-bond donors (Lipinski definition) is 1. The van der Waals surface area contributed by atoms with Crippen molar-refractivity contribution in [1.82, 2.24) is 0 Å². The van der Waals surface area contributed by atoms with E-state index in [0.29, 0.717) is 6.42 Å². The highest BCUT2D eigenvalue weighted by Gasteiger charge is 2.52. The van der Waals surface area contributed by atoms with E-state index in [0.717, 1.165) is 23.7 Å². The quantitative estimate of drug-likeness (QED) is 0.526. The van der Waals surface area contributed by atoms with Crippen molar-refractivity contribution in [2.24, 2.45) is 11.8 Å². The number of aryl methyl sites for hydroxylation is 1. The lowest BCUT2D eigenvalue weighted by atomic mass is 10.1. The van der Waals surface area contributed by atoms with Crippen LogP contribution >= 0.6 is 0 Å². The largest absolute Gasteiger partial charge is 0.486 e. The van der Waals surface area contributed by atoms with Crippen molar-refractivity contribution in [3.63, 3.8) is 0 Å². The lowest BCUT2D eigenvalue weighted by molar-refractivity contribution is -0.257. The maximum Gasteiger partial charge on any atom is 0.427 e. The van der Waals surface area contributed by atoms with Crippen molar-refractivity contribution in [3.05, 3.63) is 53.6 Å². The summed E-state index contributed by atoms with van der Waals surface area (Å²) in [7, 11) is -4.12. The molecule has 0 bridgehead atoms. The number of ether oxygens (including phenoxy) is 2. The van der Waals surface area contributed by atoms with Gasteiger partial charge in [-0.15, -0.1) is 0 Å². The molecule has 2 aromatic rings. The summed E-state index contributed by atoms with van der Waals surface area (Å²) in [5.74, 6) is -2.96. The van der Waals surface area contributed by atoms with Gasteiger partial charge in [0.1, 0.15) is 11.9 Å². The number of rotatable bonds is 7. The fourth-order valence-electron chi connectivity index (χ4n) is 4.17. The van der Waals surface area contributed by atoms with Crippen LogP contribution in [0.2, 0.25) is 0 Å². The summed E-state index contributed by atoms with van der Waals surface area (Å²) >= 11 is 0. The van der Waals surface area contributed by atoms with Gasteiger partial charge in [-0.05, 0) is 57.0 Å². The van der Waals surface area contributed by atoms with Gasteiger partial charge in [0.25, 0.3) is 10.0 Å². The van der Waals surface area contributed by atoms with Crippen LogP contribution in [0.1, 0.15) is 31.4 Å². The van der Waals surface area contributed by atoms with Crippen LogP contribution in [0.15, 0.2) is 47.4 Å². The normalized spacial score (nSPS) is 21.6. The number of alkyl halides is 3. The first-order valence-corrected chi connectivity index (χ1v) is 12.9. The van der Waals surface area contributed by atoms with Crippen molar-refractivity contribution in [2.75, 3.05) is 10.8 Å². The molecule has 3 atom stereocenters. The van der Waals surface area contributed by atoms with Crippen LogP contribution in [-0.2, 0) is 30.8 Å². The summed E-state index contributed by atoms with van der Waals surface area (Å²) in [4.78, 5) is 23.7. The maximum absolute atomic E-state index is 13.6. The Bertz CT molecular complexity index is 1320. The molecule has 12 heteroatoms. The predicted molar refractivity (Wildman–Crippen MR) is 126 cm³/mol. The molecule has 8 nitrogen and oxygen atoms in total. The number of sulfonamides is 1. The van der Waals surface area contributed by atoms with Crippen molar-refractivity contribution >= 4 is 27.6 Å². The zero-order chi connectivity index (χ0) is 27.3. The third-order valence-electron chi connectivity index (χ3n) is 6.56. The number of anilines is 1. The Kier molecular flexibility index (Phi) is 6.68. The predicted octanol–water partition coefficient (Wildman–Crippen LogP) is 4.10. The van der Waals surface area contributed by atoms with Crippen LogP contribution < -0.4 is 9.04 Å². The Morgan fingerprint density at radius 3 is 2.35 bits per heavy atom. The lowest BCUT2D eigenvalue weighted by Crippen LogP contribution is -2.45. The molecule has 1 N–H and O–H groups in total. The van der Waals surface area contributed by atoms with E-state index in [-0.39, 0.29) is 34.4 Å². The molecular formula is C25H26F3NO7S. The van der Waals surface area contributed by atoms with Gasteiger partial charge in [0, 0.05) is 5.92 Å². The van der Waals surface area contributed by atoms with Gasteiger partial charge in [-0.25, -0.2) is 8.42 Å². The molecule has 1 fully saturated rings. The summed E-state index contributed by atoms with van der Waals surface area (Å²) in [6.45, 7) is 3.13. The smallest absolute Gasteiger partial charge is 0.427 e. The number of nitrogens with zero attached hydrogens (tertiary/aromatic N) is 1. The number of aliphatic carboxylic acids is 1. The van der Waals surface area contributed by atoms with E-state index in [4.69, 9.17) is 4.74 Å². The second-order valence-corrected chi connectivity index (χ2v) is 11.7. The van der Waals surface area contributed by atoms with Crippen LogP contribution in [-0.4, -0.2) is 49.9 Å². The van der Waals surface area contributed by atoms with Gasteiger partial charge in [0.2, 0.25) is 5.60 Å². The number of halogens is 3. The highest BCUT2D eigenvalue weighted by atomic mass is 32.2. The first-order chi connectivity index (χ1) is 17.1. The van der Waals surface area contributed by atoms with Crippen LogP contribution in [0.25, 0.3) is 0 Å². The number of esters is 1. The van der Waals surface area contributed by atoms with Crippen molar-refractivity contribution in [2.45, 2.75) is 56.4 Å². The maximum atomic E-state index is 13.6. The monoisotopic (exact) mass is 541 g/mol. The highest BCUT2D eigenvalue weighted by Crippen LogP contribution is 2.47. The number of carbonyl (C=O) groups excluding carboxylic acids is 1. The van der Waals surface area contributed by atoms with Crippen LogP contribution in [0, 0.1) is 18.8 Å². The number of carbonyl (C=O) groups is 2. The molecule has 4 rings (SSSR count). The van der Waals surface area contributed by atoms with E-state index < -0.39 is 52.2 Å². The zero-order valence-electron chi connectivity index (χ0n) is 20.3. The standard InChI is InChI=1S/C25H26F3NO7S/c1-14-4-7-16(8-5-14)37(33,34)29-13-21(17-12-18(17)23(31)32)35-20-9-6-15(10-19(20)29)11-22(30)36-24(2,3)25(26,27)28/h4-10,17-18,21H,11-13H2,1-3H3,(H,31,32)/t17-,18-,21-/m1/s1. The molecule has 0 radical (unpaired) electrons. The van der Waals surface area contributed by atoms with Crippen molar-refractivity contribution < 1.29 is 45.8 Å². The number of fused-ring (bicyclic) bond motifs is 1. The molecule has 37 heavy (non-hydrogen) atoms. The number of carboxylic acid groups (broad SMARTS) is 1. The molecule has 1 aliphatic carbocycles. The Labute approximate surface area is 212 Å². The summed E-state index contributed by atoms with van der Waals surface area (Å²) in [6, 6.07) is 10.4. The molecular weight excluding hydrogens is 515 g/mol. The molecule has 200 valence electrons. The average Bonchev–Trinajstić information content (AvgIpc) is 3.59. The molecule has 1 aliphatic heterocycles. The second-order valence-electron chi connectivity index (χ2n) is 9.81. The van der Waals surface area contributed by atoms with Crippen LogP contribution in [0.5, 0.6) is 5.75 Å². The molecule has 0 aromatic heterocycles. The SMILES string of the molecule is Cc1ccc(S(=O)(=O)N2C[C@H]([C@@H]3C[C@H]3C(=O)O)Oc3ccc(CC(=O)OC(C)(C)C(F)(F)F)cc32)cc1. The molecule has 1 heterocycles. The van der Waals surface area contributed by atoms with E-state index in [1.165, 1.54) is 30.3 Å². The Morgan fingerprint density at radius 1 is 1.14 bits per heavy atom. The molecule has 0 saturated heterocycles. The minimum Gasteiger partial charge on any atom is -0.486 e. The minimum atomic E-state index is -4.77. The molecule has 0 spiro atoms. The van der Waals surface area contributed by atoms with E-state index in [2.05, 4.69) is 4.74 Å². The zero-order valence-corrected chi connectivity index (χ0v) is 21.1. The van der Waals surface area contributed by atoms with E-state index in [1.54, 1.807) is 19.1 Å². The molecule has 1 saturated carbocycles. The third kappa shape index (κ3) is 5.39. The minimum absolute atomic E-state index is 0.00650. The fraction of sp³-hybridized carbons (Fsp3) is 0.440. The number of benzene rings is 2. The fourth-order valence-corrected chi connectivity index (χ4v) is 5.65. The van der Waals surface area contributed by atoms with Gasteiger partial charge in [0.05, 0.1) is 29.5 Å². The van der Waals surface area contributed by atoms with Gasteiger partial charge in [-0.1, -0.05) is 23.8 Å². The summed E-state index contributed by atoms with van der Waals surface area (Å²) in [5, 5.41) is 9.33.